The van der Waals surface area contributed by atoms with E-state index in [0.29, 0.717) is 6.54 Å². The molecule has 0 radical (unpaired) electrons. The maximum Gasteiger partial charge on any atom is 0.309 e. The average molecular weight is 182 g/mol. The molecule has 3 nitrogen and oxygen atoms in total. The van der Waals surface area contributed by atoms with Crippen LogP contribution in [-0.4, -0.2) is 19.6 Å². The van der Waals surface area contributed by atoms with Gasteiger partial charge in [0.05, 0.1) is 13.0 Å². The maximum absolute atomic E-state index is 10.8. The topological polar surface area (TPSA) is 52.3 Å². The summed E-state index contributed by atoms with van der Waals surface area (Å²) in [6.07, 6.45) is 1.79. The fourth-order valence-corrected chi connectivity index (χ4v) is 0.847. The minimum Gasteiger partial charge on any atom is -0.469 e. The van der Waals surface area contributed by atoms with Crippen LogP contribution in [0, 0.1) is 5.92 Å². The second-order valence-electron chi connectivity index (χ2n) is 2.24. The fraction of sp³-hybridized carbons (Fsp3) is 0.857. The Labute approximate surface area is 73.7 Å². The number of hydrogen-bond acceptors (Lipinski definition) is 3. The van der Waals surface area contributed by atoms with Gasteiger partial charge in [-0.15, -0.1) is 12.4 Å². The van der Waals surface area contributed by atoms with Crippen LogP contribution in [0.5, 0.6) is 0 Å². The van der Waals surface area contributed by atoms with Gasteiger partial charge in [0.25, 0.3) is 0 Å². The van der Waals surface area contributed by atoms with Crippen LogP contribution in [0.3, 0.4) is 0 Å². The zero-order valence-corrected chi connectivity index (χ0v) is 7.82. The zero-order chi connectivity index (χ0) is 7.98. The van der Waals surface area contributed by atoms with Crippen molar-refractivity contribution in [2.45, 2.75) is 19.8 Å². The molecular weight excluding hydrogens is 166 g/mol. The van der Waals surface area contributed by atoms with E-state index in [-0.39, 0.29) is 24.3 Å². The predicted molar refractivity (Wildman–Crippen MR) is 46.7 cm³/mol. The molecule has 0 heterocycles. The first kappa shape index (κ1) is 13.3. The molecule has 0 aliphatic carbocycles. The Morgan fingerprint density at radius 1 is 1.64 bits per heavy atom. The van der Waals surface area contributed by atoms with Crippen molar-refractivity contribution in [2.24, 2.45) is 11.7 Å². The Balaban J connectivity index is 0. The van der Waals surface area contributed by atoms with Crippen molar-refractivity contribution >= 4 is 18.4 Å². The van der Waals surface area contributed by atoms with Crippen LogP contribution in [0.25, 0.3) is 0 Å². The minimum absolute atomic E-state index is 0. The van der Waals surface area contributed by atoms with Crippen LogP contribution in [0.4, 0.5) is 0 Å². The van der Waals surface area contributed by atoms with Crippen LogP contribution in [0.2, 0.25) is 0 Å². The second kappa shape index (κ2) is 7.82. The largest absolute Gasteiger partial charge is 0.469 e. The maximum atomic E-state index is 10.8. The highest BCUT2D eigenvalue weighted by Crippen LogP contribution is 2.05. The number of rotatable bonds is 4. The number of methoxy groups -OCH3 is 1. The molecule has 11 heavy (non-hydrogen) atoms. The number of carbonyl (C=O) groups is 1. The summed E-state index contributed by atoms with van der Waals surface area (Å²) in [6, 6.07) is 0. The first-order chi connectivity index (χ1) is 4.76. The summed E-state index contributed by atoms with van der Waals surface area (Å²) in [5.74, 6) is -0.292. The van der Waals surface area contributed by atoms with E-state index in [9.17, 15) is 4.79 Å². The van der Waals surface area contributed by atoms with Crippen LogP contribution in [0.15, 0.2) is 0 Å². The van der Waals surface area contributed by atoms with Gasteiger partial charge in [-0.05, 0) is 6.42 Å². The average Bonchev–Trinajstić information content (AvgIpc) is 1.99. The van der Waals surface area contributed by atoms with Crippen molar-refractivity contribution in [1.29, 1.82) is 0 Å². The van der Waals surface area contributed by atoms with E-state index in [1.54, 1.807) is 0 Å². The third-order valence-corrected chi connectivity index (χ3v) is 1.46. The van der Waals surface area contributed by atoms with Crippen LogP contribution >= 0.6 is 12.4 Å². The molecule has 0 aromatic heterocycles. The molecule has 2 N–H and O–H groups in total. The predicted octanol–water partition coefficient (Wildman–Crippen LogP) is 0.956. The third kappa shape index (κ3) is 5.04. The Hall–Kier alpha value is -0.280. The Bertz CT molecular complexity index is 109. The van der Waals surface area contributed by atoms with E-state index < -0.39 is 0 Å². The van der Waals surface area contributed by atoms with E-state index in [2.05, 4.69) is 4.74 Å². The van der Waals surface area contributed by atoms with Gasteiger partial charge in [0.15, 0.2) is 0 Å². The molecule has 0 fully saturated rings. The zero-order valence-electron chi connectivity index (χ0n) is 7.00. The first-order valence-corrected chi connectivity index (χ1v) is 3.54. The van der Waals surface area contributed by atoms with Gasteiger partial charge in [0.2, 0.25) is 0 Å². The highest BCUT2D eigenvalue weighted by molar-refractivity contribution is 5.85. The summed E-state index contributed by atoms with van der Waals surface area (Å²) in [4.78, 5) is 10.8. The SMILES string of the molecule is CCCC(CN)C(=O)OC.Cl. The summed E-state index contributed by atoms with van der Waals surface area (Å²) >= 11 is 0. The van der Waals surface area contributed by atoms with E-state index in [1.807, 2.05) is 6.92 Å². The summed E-state index contributed by atoms with van der Waals surface area (Å²) in [7, 11) is 1.39. The van der Waals surface area contributed by atoms with Gasteiger partial charge in [0, 0.05) is 6.54 Å². The molecule has 0 saturated heterocycles. The van der Waals surface area contributed by atoms with Gasteiger partial charge in [-0.3, -0.25) is 4.79 Å². The Kier molecular flexibility index (Phi) is 9.47. The highest BCUT2D eigenvalue weighted by atomic mass is 35.5. The molecule has 0 aliphatic rings. The molecule has 0 bridgehead atoms. The van der Waals surface area contributed by atoms with Crippen molar-refractivity contribution in [3.8, 4) is 0 Å². The van der Waals surface area contributed by atoms with Gasteiger partial charge in [-0.25, -0.2) is 0 Å². The number of esters is 1. The molecule has 0 spiro atoms. The smallest absolute Gasteiger partial charge is 0.309 e. The number of hydrogen-bond donors (Lipinski definition) is 1. The number of halogens is 1. The van der Waals surface area contributed by atoms with Gasteiger partial charge in [-0.1, -0.05) is 13.3 Å². The lowest BCUT2D eigenvalue weighted by molar-refractivity contribution is -0.145. The second-order valence-corrected chi connectivity index (χ2v) is 2.24. The normalized spacial score (nSPS) is 11.5. The Morgan fingerprint density at radius 3 is 2.45 bits per heavy atom. The number of nitrogens with two attached hydrogens (primary N) is 1. The fourth-order valence-electron chi connectivity index (χ4n) is 0.847. The Morgan fingerprint density at radius 2 is 2.18 bits per heavy atom. The van der Waals surface area contributed by atoms with Crippen LogP contribution < -0.4 is 5.73 Å². The van der Waals surface area contributed by atoms with Crippen molar-refractivity contribution in [1.82, 2.24) is 0 Å². The van der Waals surface area contributed by atoms with Crippen molar-refractivity contribution in [3.63, 3.8) is 0 Å². The van der Waals surface area contributed by atoms with Crippen molar-refractivity contribution in [2.75, 3.05) is 13.7 Å². The monoisotopic (exact) mass is 181 g/mol. The molecule has 0 aromatic rings. The van der Waals surface area contributed by atoms with Gasteiger partial charge in [-0.2, -0.15) is 0 Å². The van der Waals surface area contributed by atoms with E-state index in [4.69, 9.17) is 5.73 Å². The quantitative estimate of drug-likeness (QED) is 0.658. The molecule has 0 saturated carbocycles. The van der Waals surface area contributed by atoms with Gasteiger partial charge >= 0.3 is 5.97 Å². The molecule has 0 aromatic carbocycles. The molecule has 0 aliphatic heterocycles. The van der Waals surface area contributed by atoms with E-state index in [0.717, 1.165) is 12.8 Å². The standard InChI is InChI=1S/C7H15NO2.ClH/c1-3-4-6(5-8)7(9)10-2;/h6H,3-5,8H2,1-2H3;1H. The number of carbonyl (C=O) groups excluding carboxylic acids is 1. The molecule has 68 valence electrons. The molecule has 0 amide bonds. The molecule has 1 atom stereocenters. The summed E-state index contributed by atoms with van der Waals surface area (Å²) in [5.41, 5.74) is 5.33. The lowest BCUT2D eigenvalue weighted by Crippen LogP contribution is -2.24. The number of ether oxygens (including phenoxy) is 1. The molecule has 0 rings (SSSR count). The van der Waals surface area contributed by atoms with Crippen molar-refractivity contribution < 1.29 is 9.53 Å². The lowest BCUT2D eigenvalue weighted by atomic mass is 10.1. The third-order valence-electron chi connectivity index (χ3n) is 1.46. The van der Waals surface area contributed by atoms with E-state index >= 15 is 0 Å². The minimum atomic E-state index is -0.190. The summed E-state index contributed by atoms with van der Waals surface area (Å²) < 4.78 is 4.54. The van der Waals surface area contributed by atoms with Gasteiger partial charge in [0.1, 0.15) is 0 Å². The van der Waals surface area contributed by atoms with Crippen molar-refractivity contribution in [3.05, 3.63) is 0 Å². The summed E-state index contributed by atoms with van der Waals surface area (Å²) in [6.45, 7) is 2.41. The first-order valence-electron chi connectivity index (χ1n) is 3.54. The molecular formula is C7H16ClNO2. The summed E-state index contributed by atoms with van der Waals surface area (Å²) in [5, 5.41) is 0. The molecule has 1 unspecified atom stereocenters. The molecule has 4 heteroatoms. The van der Waals surface area contributed by atoms with Gasteiger partial charge < -0.3 is 10.5 Å². The van der Waals surface area contributed by atoms with Crippen LogP contribution in [0.1, 0.15) is 19.8 Å². The highest BCUT2D eigenvalue weighted by Gasteiger charge is 2.14. The van der Waals surface area contributed by atoms with Crippen LogP contribution in [-0.2, 0) is 9.53 Å². The van der Waals surface area contributed by atoms with E-state index in [1.165, 1.54) is 7.11 Å². The lowest BCUT2D eigenvalue weighted by Gasteiger charge is -2.09.